The van der Waals surface area contributed by atoms with E-state index < -0.39 is 0 Å². The Morgan fingerprint density at radius 2 is 2.33 bits per heavy atom. The van der Waals surface area contributed by atoms with Crippen LogP contribution in [0.25, 0.3) is 0 Å². The first-order valence-corrected chi connectivity index (χ1v) is 6.71. The van der Waals surface area contributed by atoms with Crippen molar-refractivity contribution in [2.45, 2.75) is 44.8 Å². The van der Waals surface area contributed by atoms with Gasteiger partial charge in [0.15, 0.2) is 0 Å². The predicted molar refractivity (Wildman–Crippen MR) is 66.1 cm³/mol. The lowest BCUT2D eigenvalue weighted by atomic mass is 10.0. The molecule has 84 valence electrons. The molecule has 0 amide bonds. The molecule has 1 aliphatic rings. The van der Waals surface area contributed by atoms with Crippen molar-refractivity contribution in [3.8, 4) is 0 Å². The first-order valence-electron chi connectivity index (χ1n) is 5.77. The van der Waals surface area contributed by atoms with Crippen LogP contribution in [0.3, 0.4) is 0 Å². The summed E-state index contributed by atoms with van der Waals surface area (Å²) in [5.41, 5.74) is 7.53. The van der Waals surface area contributed by atoms with E-state index in [1.165, 1.54) is 18.4 Å². The SMILES string of the molecule is CCN(C1CC1)C(c1ccsc1)C(C)N. The van der Waals surface area contributed by atoms with Crippen LogP contribution in [-0.2, 0) is 0 Å². The topological polar surface area (TPSA) is 29.3 Å². The minimum Gasteiger partial charge on any atom is -0.326 e. The van der Waals surface area contributed by atoms with Gasteiger partial charge in [-0.2, -0.15) is 11.3 Å². The molecule has 0 saturated heterocycles. The number of likely N-dealkylation sites (N-methyl/N-ethyl adjacent to an activating group) is 1. The summed E-state index contributed by atoms with van der Waals surface area (Å²) in [5, 5.41) is 4.38. The highest BCUT2D eigenvalue weighted by atomic mass is 32.1. The summed E-state index contributed by atoms with van der Waals surface area (Å²) in [5.74, 6) is 0. The highest BCUT2D eigenvalue weighted by molar-refractivity contribution is 7.07. The van der Waals surface area contributed by atoms with E-state index in [9.17, 15) is 0 Å². The van der Waals surface area contributed by atoms with Crippen molar-refractivity contribution in [1.29, 1.82) is 0 Å². The van der Waals surface area contributed by atoms with Gasteiger partial charge in [0, 0.05) is 12.1 Å². The maximum Gasteiger partial charge on any atom is 0.0507 e. The zero-order chi connectivity index (χ0) is 10.8. The molecular weight excluding hydrogens is 204 g/mol. The van der Waals surface area contributed by atoms with Crippen LogP contribution >= 0.6 is 11.3 Å². The van der Waals surface area contributed by atoms with Crippen LogP contribution in [0, 0.1) is 0 Å². The Balaban J connectivity index is 2.18. The number of nitrogens with zero attached hydrogens (tertiary/aromatic N) is 1. The molecule has 1 aromatic heterocycles. The second-order valence-electron chi connectivity index (χ2n) is 4.42. The third-order valence-electron chi connectivity index (χ3n) is 3.12. The van der Waals surface area contributed by atoms with E-state index in [1.54, 1.807) is 11.3 Å². The Kier molecular flexibility index (Phi) is 3.44. The molecule has 1 heterocycles. The predicted octanol–water partition coefficient (Wildman–Crippen LogP) is 2.62. The van der Waals surface area contributed by atoms with Crippen molar-refractivity contribution in [2.24, 2.45) is 5.73 Å². The van der Waals surface area contributed by atoms with Gasteiger partial charge in [-0.25, -0.2) is 0 Å². The molecule has 1 saturated carbocycles. The minimum absolute atomic E-state index is 0.208. The van der Waals surface area contributed by atoms with Gasteiger partial charge in [0.25, 0.3) is 0 Å². The van der Waals surface area contributed by atoms with Gasteiger partial charge in [-0.3, -0.25) is 4.90 Å². The number of hydrogen-bond donors (Lipinski definition) is 1. The molecule has 0 spiro atoms. The normalized spacial score (nSPS) is 20.5. The zero-order valence-electron chi connectivity index (χ0n) is 9.52. The molecule has 1 fully saturated rings. The maximum atomic E-state index is 6.13. The molecule has 0 radical (unpaired) electrons. The average molecular weight is 224 g/mol. The van der Waals surface area contributed by atoms with E-state index in [1.807, 2.05) is 0 Å². The molecular formula is C12H20N2S. The molecule has 2 nitrogen and oxygen atoms in total. The quantitative estimate of drug-likeness (QED) is 0.833. The summed E-state index contributed by atoms with van der Waals surface area (Å²) in [6.07, 6.45) is 2.70. The Bertz CT molecular complexity index is 291. The molecule has 3 heteroatoms. The summed E-state index contributed by atoms with van der Waals surface area (Å²) >= 11 is 1.76. The lowest BCUT2D eigenvalue weighted by Gasteiger charge is -2.33. The fourth-order valence-corrected chi connectivity index (χ4v) is 3.02. The number of rotatable bonds is 5. The monoisotopic (exact) mass is 224 g/mol. The standard InChI is InChI=1S/C12H20N2S/c1-3-14(11-4-5-11)12(9(2)13)10-6-7-15-8-10/h6-9,11-12H,3-5,13H2,1-2H3. The third kappa shape index (κ3) is 2.41. The third-order valence-corrected chi connectivity index (χ3v) is 3.82. The van der Waals surface area contributed by atoms with Crippen molar-refractivity contribution < 1.29 is 0 Å². The number of hydrogen-bond acceptors (Lipinski definition) is 3. The van der Waals surface area contributed by atoms with Gasteiger partial charge < -0.3 is 5.73 Å². The highest BCUT2D eigenvalue weighted by Gasteiger charge is 2.35. The van der Waals surface area contributed by atoms with E-state index in [0.29, 0.717) is 6.04 Å². The minimum atomic E-state index is 0.208. The van der Waals surface area contributed by atoms with Gasteiger partial charge in [0.2, 0.25) is 0 Å². The molecule has 2 unspecified atom stereocenters. The number of nitrogens with two attached hydrogens (primary N) is 1. The van der Waals surface area contributed by atoms with E-state index in [2.05, 4.69) is 35.6 Å². The molecule has 2 atom stereocenters. The van der Waals surface area contributed by atoms with Crippen molar-refractivity contribution in [3.05, 3.63) is 22.4 Å². The van der Waals surface area contributed by atoms with Gasteiger partial charge in [0.05, 0.1) is 6.04 Å². The van der Waals surface area contributed by atoms with Gasteiger partial charge in [-0.05, 0) is 48.7 Å². The maximum absolute atomic E-state index is 6.13. The summed E-state index contributed by atoms with van der Waals surface area (Å²) in [6, 6.07) is 3.61. The number of thiophene rings is 1. The average Bonchev–Trinajstić information content (AvgIpc) is 2.90. The zero-order valence-corrected chi connectivity index (χ0v) is 10.3. The second kappa shape index (κ2) is 4.64. The molecule has 2 rings (SSSR count). The van der Waals surface area contributed by atoms with Crippen LogP contribution in [0.15, 0.2) is 16.8 Å². The van der Waals surface area contributed by atoms with Gasteiger partial charge >= 0.3 is 0 Å². The van der Waals surface area contributed by atoms with Crippen molar-refractivity contribution in [3.63, 3.8) is 0 Å². The van der Waals surface area contributed by atoms with E-state index in [4.69, 9.17) is 5.73 Å². The Morgan fingerprint density at radius 1 is 1.60 bits per heavy atom. The van der Waals surface area contributed by atoms with Gasteiger partial charge in [0.1, 0.15) is 0 Å². The largest absolute Gasteiger partial charge is 0.326 e. The summed E-state index contributed by atoms with van der Waals surface area (Å²) in [4.78, 5) is 2.56. The van der Waals surface area contributed by atoms with Crippen molar-refractivity contribution >= 4 is 11.3 Å². The highest BCUT2D eigenvalue weighted by Crippen LogP contribution is 2.35. The molecule has 0 aliphatic heterocycles. The lowest BCUT2D eigenvalue weighted by molar-refractivity contribution is 0.176. The van der Waals surface area contributed by atoms with Crippen LogP contribution in [0.5, 0.6) is 0 Å². The van der Waals surface area contributed by atoms with Crippen LogP contribution < -0.4 is 5.73 Å². The Labute approximate surface area is 96.1 Å². The van der Waals surface area contributed by atoms with Crippen molar-refractivity contribution in [2.75, 3.05) is 6.54 Å². The molecule has 2 N–H and O–H groups in total. The van der Waals surface area contributed by atoms with Crippen LogP contribution in [-0.4, -0.2) is 23.5 Å². The first-order chi connectivity index (χ1) is 7.24. The Hall–Kier alpha value is -0.380. The molecule has 0 bridgehead atoms. The molecule has 15 heavy (non-hydrogen) atoms. The van der Waals surface area contributed by atoms with Gasteiger partial charge in [-0.1, -0.05) is 6.92 Å². The van der Waals surface area contributed by atoms with E-state index in [-0.39, 0.29) is 6.04 Å². The first kappa shape index (κ1) is 11.1. The molecule has 1 aliphatic carbocycles. The van der Waals surface area contributed by atoms with Crippen molar-refractivity contribution in [1.82, 2.24) is 4.90 Å². The molecule has 1 aromatic rings. The van der Waals surface area contributed by atoms with E-state index in [0.717, 1.165) is 12.6 Å². The fourth-order valence-electron chi connectivity index (χ4n) is 2.33. The summed E-state index contributed by atoms with van der Waals surface area (Å²) < 4.78 is 0. The Morgan fingerprint density at radius 3 is 2.73 bits per heavy atom. The van der Waals surface area contributed by atoms with Gasteiger partial charge in [-0.15, -0.1) is 0 Å². The fraction of sp³-hybridized carbons (Fsp3) is 0.667. The second-order valence-corrected chi connectivity index (χ2v) is 5.20. The smallest absolute Gasteiger partial charge is 0.0507 e. The summed E-state index contributed by atoms with van der Waals surface area (Å²) in [6.45, 7) is 5.46. The summed E-state index contributed by atoms with van der Waals surface area (Å²) in [7, 11) is 0. The van der Waals surface area contributed by atoms with Crippen LogP contribution in [0.2, 0.25) is 0 Å². The molecule has 0 aromatic carbocycles. The lowest BCUT2D eigenvalue weighted by Crippen LogP contribution is -2.40. The van der Waals surface area contributed by atoms with Crippen LogP contribution in [0.1, 0.15) is 38.3 Å². The van der Waals surface area contributed by atoms with E-state index >= 15 is 0 Å². The van der Waals surface area contributed by atoms with Crippen LogP contribution in [0.4, 0.5) is 0 Å².